The highest BCUT2D eigenvalue weighted by molar-refractivity contribution is 5.74. The maximum absolute atomic E-state index is 11.5. The molecule has 14 heavy (non-hydrogen) atoms. The van der Waals surface area contributed by atoms with E-state index in [0.29, 0.717) is 18.7 Å². The number of ether oxygens (including phenoxy) is 1. The van der Waals surface area contributed by atoms with E-state index < -0.39 is 6.04 Å². The fraction of sp³-hybridized carbons (Fsp3) is 0.444. The molecule has 2 heterocycles. The quantitative estimate of drug-likeness (QED) is 0.586. The molecular weight excluding hydrogens is 184 g/mol. The van der Waals surface area contributed by atoms with E-state index in [9.17, 15) is 9.59 Å². The lowest BCUT2D eigenvalue weighted by molar-refractivity contribution is -0.144. The van der Waals surface area contributed by atoms with Crippen LogP contribution in [0.25, 0.3) is 0 Å². The Balaban J connectivity index is 2.48. The van der Waals surface area contributed by atoms with Crippen LogP contribution in [0.1, 0.15) is 18.3 Å². The van der Waals surface area contributed by atoms with Crippen molar-refractivity contribution in [1.82, 2.24) is 9.55 Å². The SMILES string of the molecule is COC(=O)C1CCc2nccc(=O)n21. The average molecular weight is 194 g/mol. The molecule has 0 spiro atoms. The third kappa shape index (κ3) is 1.21. The highest BCUT2D eigenvalue weighted by Crippen LogP contribution is 2.22. The molecule has 1 aromatic rings. The molecule has 0 saturated carbocycles. The Bertz CT molecular complexity index is 424. The minimum atomic E-state index is -0.490. The van der Waals surface area contributed by atoms with E-state index in [-0.39, 0.29) is 11.5 Å². The smallest absolute Gasteiger partial charge is 0.329 e. The number of rotatable bonds is 1. The first-order valence-corrected chi connectivity index (χ1v) is 4.38. The molecular formula is C9H10N2O3. The number of fused-ring (bicyclic) bond motifs is 1. The highest BCUT2D eigenvalue weighted by Gasteiger charge is 2.30. The second kappa shape index (κ2) is 3.25. The van der Waals surface area contributed by atoms with Gasteiger partial charge in [-0.3, -0.25) is 9.36 Å². The molecule has 1 aliphatic heterocycles. The monoisotopic (exact) mass is 194 g/mol. The lowest BCUT2D eigenvalue weighted by Crippen LogP contribution is -2.28. The van der Waals surface area contributed by atoms with Crippen LogP contribution in [0.5, 0.6) is 0 Å². The standard InChI is InChI=1S/C9H10N2O3/c1-14-9(13)6-2-3-7-10-5-4-8(12)11(6)7/h4-6H,2-3H2,1H3. The summed E-state index contributed by atoms with van der Waals surface area (Å²) in [6.07, 6.45) is 2.71. The summed E-state index contributed by atoms with van der Waals surface area (Å²) in [6, 6.07) is 0.862. The van der Waals surface area contributed by atoms with E-state index in [1.807, 2.05) is 0 Å². The van der Waals surface area contributed by atoms with Crippen molar-refractivity contribution in [2.24, 2.45) is 0 Å². The molecule has 1 atom stereocenters. The number of hydrogen-bond acceptors (Lipinski definition) is 4. The Morgan fingerprint density at radius 3 is 3.21 bits per heavy atom. The molecule has 5 nitrogen and oxygen atoms in total. The molecule has 74 valence electrons. The molecule has 1 unspecified atom stereocenters. The van der Waals surface area contributed by atoms with E-state index in [0.717, 1.165) is 0 Å². The summed E-state index contributed by atoms with van der Waals surface area (Å²) in [5.74, 6) is 0.284. The predicted octanol–water partition coefficient (Wildman–Crippen LogP) is -0.0964. The largest absolute Gasteiger partial charge is 0.467 e. The van der Waals surface area contributed by atoms with Crippen molar-refractivity contribution >= 4 is 5.97 Å². The maximum atomic E-state index is 11.5. The minimum Gasteiger partial charge on any atom is -0.467 e. The van der Waals surface area contributed by atoms with E-state index in [1.54, 1.807) is 0 Å². The zero-order valence-corrected chi connectivity index (χ0v) is 7.77. The van der Waals surface area contributed by atoms with Crippen molar-refractivity contribution < 1.29 is 9.53 Å². The van der Waals surface area contributed by atoms with Crippen LogP contribution in [-0.2, 0) is 16.0 Å². The number of hydrogen-bond donors (Lipinski definition) is 0. The van der Waals surface area contributed by atoms with E-state index in [4.69, 9.17) is 0 Å². The number of carbonyl (C=O) groups excluding carboxylic acids is 1. The first-order chi connectivity index (χ1) is 6.74. The number of esters is 1. The van der Waals surface area contributed by atoms with Crippen LogP contribution in [0.4, 0.5) is 0 Å². The van der Waals surface area contributed by atoms with Crippen LogP contribution in [0.15, 0.2) is 17.1 Å². The maximum Gasteiger partial charge on any atom is 0.329 e. The number of aryl methyl sites for hydroxylation is 1. The van der Waals surface area contributed by atoms with Gasteiger partial charge in [0.1, 0.15) is 11.9 Å². The van der Waals surface area contributed by atoms with E-state index in [1.165, 1.54) is 23.9 Å². The summed E-state index contributed by atoms with van der Waals surface area (Å²) in [7, 11) is 1.32. The third-order valence-corrected chi connectivity index (χ3v) is 2.38. The molecule has 1 aromatic heterocycles. The number of aromatic nitrogens is 2. The topological polar surface area (TPSA) is 61.2 Å². The van der Waals surface area contributed by atoms with Gasteiger partial charge < -0.3 is 4.74 Å². The highest BCUT2D eigenvalue weighted by atomic mass is 16.5. The number of nitrogens with zero attached hydrogens (tertiary/aromatic N) is 2. The average Bonchev–Trinajstić information content (AvgIpc) is 2.62. The fourth-order valence-electron chi connectivity index (χ4n) is 1.73. The van der Waals surface area contributed by atoms with Gasteiger partial charge in [0, 0.05) is 18.7 Å². The molecule has 0 aliphatic carbocycles. The van der Waals surface area contributed by atoms with Crippen LogP contribution in [-0.4, -0.2) is 22.6 Å². The van der Waals surface area contributed by atoms with Crippen molar-refractivity contribution in [3.63, 3.8) is 0 Å². The van der Waals surface area contributed by atoms with Gasteiger partial charge in [0.05, 0.1) is 7.11 Å². The van der Waals surface area contributed by atoms with Gasteiger partial charge in [-0.25, -0.2) is 9.78 Å². The molecule has 2 rings (SSSR count). The summed E-state index contributed by atoms with van der Waals surface area (Å²) in [5.41, 5.74) is -0.192. The Labute approximate surface area is 80.3 Å². The zero-order chi connectivity index (χ0) is 10.1. The number of methoxy groups -OCH3 is 1. The van der Waals surface area contributed by atoms with Crippen molar-refractivity contribution in [2.75, 3.05) is 7.11 Å². The molecule has 0 radical (unpaired) electrons. The molecule has 0 amide bonds. The van der Waals surface area contributed by atoms with Gasteiger partial charge in [0.25, 0.3) is 5.56 Å². The van der Waals surface area contributed by atoms with Gasteiger partial charge >= 0.3 is 5.97 Å². The summed E-state index contributed by atoms with van der Waals surface area (Å²) < 4.78 is 6.03. The second-order valence-corrected chi connectivity index (χ2v) is 3.15. The van der Waals surface area contributed by atoms with Crippen LogP contribution >= 0.6 is 0 Å². The Kier molecular flexibility index (Phi) is 2.07. The van der Waals surface area contributed by atoms with E-state index in [2.05, 4.69) is 9.72 Å². The zero-order valence-electron chi connectivity index (χ0n) is 7.77. The second-order valence-electron chi connectivity index (χ2n) is 3.15. The minimum absolute atomic E-state index is 0.192. The van der Waals surface area contributed by atoms with Crippen molar-refractivity contribution in [3.05, 3.63) is 28.4 Å². The molecule has 0 bridgehead atoms. The summed E-state index contributed by atoms with van der Waals surface area (Å²) >= 11 is 0. The van der Waals surface area contributed by atoms with Gasteiger partial charge in [-0.15, -0.1) is 0 Å². The number of carbonyl (C=O) groups is 1. The molecule has 0 N–H and O–H groups in total. The third-order valence-electron chi connectivity index (χ3n) is 2.38. The van der Waals surface area contributed by atoms with E-state index >= 15 is 0 Å². The predicted molar refractivity (Wildman–Crippen MR) is 47.9 cm³/mol. The molecule has 0 fully saturated rings. The van der Waals surface area contributed by atoms with Crippen LogP contribution in [0.3, 0.4) is 0 Å². The lowest BCUT2D eigenvalue weighted by Gasteiger charge is -2.10. The fourth-order valence-corrected chi connectivity index (χ4v) is 1.73. The molecule has 0 aromatic carbocycles. The lowest BCUT2D eigenvalue weighted by atomic mass is 10.2. The first kappa shape index (κ1) is 8.93. The Morgan fingerprint density at radius 2 is 2.50 bits per heavy atom. The van der Waals surface area contributed by atoms with Crippen LogP contribution in [0, 0.1) is 0 Å². The van der Waals surface area contributed by atoms with Gasteiger partial charge in [0.15, 0.2) is 0 Å². The molecule has 0 saturated heterocycles. The Hall–Kier alpha value is -1.65. The Morgan fingerprint density at radius 1 is 1.71 bits per heavy atom. The summed E-state index contributed by atoms with van der Waals surface area (Å²) in [5, 5.41) is 0. The first-order valence-electron chi connectivity index (χ1n) is 4.38. The summed E-state index contributed by atoms with van der Waals surface area (Å²) in [4.78, 5) is 26.8. The normalized spacial score (nSPS) is 19.1. The van der Waals surface area contributed by atoms with Crippen molar-refractivity contribution in [3.8, 4) is 0 Å². The van der Waals surface area contributed by atoms with Gasteiger partial charge in [-0.05, 0) is 6.42 Å². The van der Waals surface area contributed by atoms with Crippen molar-refractivity contribution in [2.45, 2.75) is 18.9 Å². The molecule has 1 aliphatic rings. The van der Waals surface area contributed by atoms with Crippen LogP contribution in [0.2, 0.25) is 0 Å². The molecule has 5 heteroatoms. The summed E-state index contributed by atoms with van der Waals surface area (Å²) in [6.45, 7) is 0. The van der Waals surface area contributed by atoms with Gasteiger partial charge in [0.2, 0.25) is 0 Å². The van der Waals surface area contributed by atoms with Crippen LogP contribution < -0.4 is 5.56 Å². The van der Waals surface area contributed by atoms with Crippen molar-refractivity contribution in [1.29, 1.82) is 0 Å². The van der Waals surface area contributed by atoms with Gasteiger partial charge in [-0.2, -0.15) is 0 Å². The van der Waals surface area contributed by atoms with Gasteiger partial charge in [-0.1, -0.05) is 0 Å².